The Labute approximate surface area is 94.9 Å². The minimum Gasteiger partial charge on any atom is -0.207 e. The van der Waals surface area contributed by atoms with Gasteiger partial charge >= 0.3 is 0 Å². The maximum absolute atomic E-state index is 11.1. The molecule has 1 aromatic carbocycles. The van der Waals surface area contributed by atoms with Gasteiger partial charge in [-0.05, 0) is 34.5 Å². The van der Waals surface area contributed by atoms with E-state index < -0.39 is 9.05 Å². The lowest BCUT2D eigenvalue weighted by Crippen LogP contribution is -1.97. The van der Waals surface area contributed by atoms with E-state index in [0.29, 0.717) is 4.47 Å². The molecule has 0 aromatic heterocycles. The van der Waals surface area contributed by atoms with Crippen molar-refractivity contribution >= 4 is 35.7 Å². The zero-order valence-corrected chi connectivity index (χ0v) is 10.2. The fraction of sp³-hybridized carbons (Fsp3) is 0.125. The first-order chi connectivity index (χ1) is 6.38. The molecule has 0 radical (unpaired) electrons. The SMILES string of the molecule is Cc1ccc(S(=O)(=O)Cl)c(C#N)c1Br. The predicted molar refractivity (Wildman–Crippen MR) is 56.6 cm³/mol. The van der Waals surface area contributed by atoms with Gasteiger partial charge in [-0.2, -0.15) is 5.26 Å². The number of nitrogens with zero attached hydrogens (tertiary/aromatic N) is 1. The van der Waals surface area contributed by atoms with Gasteiger partial charge in [-0.25, -0.2) is 8.42 Å². The molecule has 1 rings (SSSR count). The summed E-state index contributed by atoms with van der Waals surface area (Å²) in [6, 6.07) is 4.70. The Morgan fingerprint density at radius 2 is 2.07 bits per heavy atom. The van der Waals surface area contributed by atoms with Gasteiger partial charge in [0.25, 0.3) is 9.05 Å². The molecule has 0 aliphatic heterocycles. The van der Waals surface area contributed by atoms with Crippen LogP contribution >= 0.6 is 26.6 Å². The average molecular weight is 295 g/mol. The van der Waals surface area contributed by atoms with Gasteiger partial charge in [0.1, 0.15) is 11.0 Å². The van der Waals surface area contributed by atoms with E-state index in [9.17, 15) is 8.42 Å². The van der Waals surface area contributed by atoms with E-state index in [2.05, 4.69) is 15.9 Å². The lowest BCUT2D eigenvalue weighted by molar-refractivity contribution is 0.609. The molecule has 0 bridgehead atoms. The quantitative estimate of drug-likeness (QED) is 0.748. The van der Waals surface area contributed by atoms with Crippen molar-refractivity contribution in [2.24, 2.45) is 0 Å². The van der Waals surface area contributed by atoms with Gasteiger partial charge in [-0.3, -0.25) is 0 Å². The van der Waals surface area contributed by atoms with Gasteiger partial charge in [-0.15, -0.1) is 0 Å². The number of aryl methyl sites for hydroxylation is 1. The molecule has 74 valence electrons. The normalized spacial score (nSPS) is 11.0. The van der Waals surface area contributed by atoms with E-state index in [0.717, 1.165) is 5.56 Å². The molecule has 0 heterocycles. The lowest BCUT2D eigenvalue weighted by atomic mass is 10.1. The maximum Gasteiger partial charge on any atom is 0.262 e. The largest absolute Gasteiger partial charge is 0.262 e. The molecule has 0 aliphatic rings. The van der Waals surface area contributed by atoms with Gasteiger partial charge in [0.05, 0.1) is 5.56 Å². The highest BCUT2D eigenvalue weighted by molar-refractivity contribution is 9.10. The van der Waals surface area contributed by atoms with Crippen LogP contribution in [0.5, 0.6) is 0 Å². The summed E-state index contributed by atoms with van der Waals surface area (Å²) in [5.74, 6) is 0. The number of benzene rings is 1. The van der Waals surface area contributed by atoms with Crippen LogP contribution in [0.15, 0.2) is 21.5 Å². The third kappa shape index (κ3) is 2.08. The number of rotatable bonds is 1. The second-order valence-electron chi connectivity index (χ2n) is 2.62. The van der Waals surface area contributed by atoms with Crippen LogP contribution in [0.2, 0.25) is 0 Å². The van der Waals surface area contributed by atoms with Gasteiger partial charge < -0.3 is 0 Å². The monoisotopic (exact) mass is 293 g/mol. The van der Waals surface area contributed by atoms with Gasteiger partial charge in [0.15, 0.2) is 0 Å². The molecule has 0 N–H and O–H groups in total. The second-order valence-corrected chi connectivity index (χ2v) is 5.95. The predicted octanol–water partition coefficient (Wildman–Crippen LogP) is 2.56. The number of hydrogen-bond acceptors (Lipinski definition) is 3. The summed E-state index contributed by atoms with van der Waals surface area (Å²) >= 11 is 3.14. The van der Waals surface area contributed by atoms with Gasteiger partial charge in [0.2, 0.25) is 0 Å². The fourth-order valence-corrected chi connectivity index (χ4v) is 2.54. The molecule has 3 nitrogen and oxygen atoms in total. The van der Waals surface area contributed by atoms with Gasteiger partial charge in [0, 0.05) is 15.2 Å². The number of halogens is 2. The highest BCUT2D eigenvalue weighted by atomic mass is 79.9. The molecule has 0 spiro atoms. The molecular weight excluding hydrogens is 290 g/mol. The van der Waals surface area contributed by atoms with E-state index in [1.54, 1.807) is 19.1 Å². The molecule has 0 amide bonds. The first-order valence-electron chi connectivity index (χ1n) is 3.52. The summed E-state index contributed by atoms with van der Waals surface area (Å²) in [6.07, 6.45) is 0. The van der Waals surface area contributed by atoms with Crippen LogP contribution in [0, 0.1) is 18.3 Å². The molecule has 0 saturated heterocycles. The Morgan fingerprint density at radius 1 is 1.50 bits per heavy atom. The van der Waals surface area contributed by atoms with Crippen molar-refractivity contribution in [1.82, 2.24) is 0 Å². The van der Waals surface area contributed by atoms with Crippen molar-refractivity contribution in [3.8, 4) is 6.07 Å². The van der Waals surface area contributed by atoms with E-state index >= 15 is 0 Å². The molecule has 1 aromatic rings. The van der Waals surface area contributed by atoms with Crippen molar-refractivity contribution in [1.29, 1.82) is 5.26 Å². The fourth-order valence-electron chi connectivity index (χ4n) is 0.970. The third-order valence-electron chi connectivity index (χ3n) is 1.67. The van der Waals surface area contributed by atoms with Crippen molar-refractivity contribution in [2.75, 3.05) is 0 Å². The van der Waals surface area contributed by atoms with E-state index in [-0.39, 0.29) is 10.5 Å². The van der Waals surface area contributed by atoms with Crippen LogP contribution in [0.3, 0.4) is 0 Å². The van der Waals surface area contributed by atoms with E-state index in [1.807, 2.05) is 0 Å². The highest BCUT2D eigenvalue weighted by Crippen LogP contribution is 2.28. The zero-order chi connectivity index (χ0) is 10.9. The first kappa shape index (κ1) is 11.5. The third-order valence-corrected chi connectivity index (χ3v) is 4.06. The van der Waals surface area contributed by atoms with E-state index in [4.69, 9.17) is 15.9 Å². The van der Waals surface area contributed by atoms with Crippen LogP contribution in [-0.2, 0) is 9.05 Å². The molecule has 0 unspecified atom stereocenters. The van der Waals surface area contributed by atoms with Crippen molar-refractivity contribution < 1.29 is 8.42 Å². The number of hydrogen-bond donors (Lipinski definition) is 0. The van der Waals surface area contributed by atoms with Crippen molar-refractivity contribution in [3.63, 3.8) is 0 Å². The van der Waals surface area contributed by atoms with Crippen LogP contribution < -0.4 is 0 Å². The minimum absolute atomic E-state index is 0.0417. The topological polar surface area (TPSA) is 57.9 Å². The summed E-state index contributed by atoms with van der Waals surface area (Å²) in [7, 11) is 1.30. The molecule has 0 fully saturated rings. The first-order valence-corrected chi connectivity index (χ1v) is 6.62. The molecule has 0 aliphatic carbocycles. The molecular formula is C8H5BrClNO2S. The average Bonchev–Trinajstić information content (AvgIpc) is 2.07. The van der Waals surface area contributed by atoms with Crippen molar-refractivity contribution in [3.05, 3.63) is 27.7 Å². The molecule has 6 heteroatoms. The van der Waals surface area contributed by atoms with Crippen LogP contribution in [-0.4, -0.2) is 8.42 Å². The Balaban J connectivity index is 3.66. The maximum atomic E-state index is 11.1. The van der Waals surface area contributed by atoms with Crippen LogP contribution in [0.1, 0.15) is 11.1 Å². The zero-order valence-electron chi connectivity index (χ0n) is 7.08. The standard InChI is InChI=1S/C8H5BrClNO2S/c1-5-2-3-7(14(10,12)13)6(4-11)8(5)9/h2-3H,1H3. The van der Waals surface area contributed by atoms with Crippen LogP contribution in [0.4, 0.5) is 0 Å². The summed E-state index contributed by atoms with van der Waals surface area (Å²) in [6.45, 7) is 1.76. The summed E-state index contributed by atoms with van der Waals surface area (Å²) < 4.78 is 22.6. The Hall–Kier alpha value is -0.570. The van der Waals surface area contributed by atoms with Crippen molar-refractivity contribution in [2.45, 2.75) is 11.8 Å². The lowest BCUT2D eigenvalue weighted by Gasteiger charge is -2.04. The van der Waals surface area contributed by atoms with E-state index in [1.165, 1.54) is 6.07 Å². The Bertz CT molecular complexity index is 519. The second kappa shape index (κ2) is 3.89. The molecule has 14 heavy (non-hydrogen) atoms. The highest BCUT2D eigenvalue weighted by Gasteiger charge is 2.18. The molecule has 0 saturated carbocycles. The van der Waals surface area contributed by atoms with Gasteiger partial charge in [-0.1, -0.05) is 6.07 Å². The Kier molecular flexibility index (Phi) is 3.20. The summed E-state index contributed by atoms with van der Waals surface area (Å²) in [5, 5.41) is 8.78. The minimum atomic E-state index is -3.87. The van der Waals surface area contributed by atoms with Crippen LogP contribution in [0.25, 0.3) is 0 Å². The smallest absolute Gasteiger partial charge is 0.207 e. The number of nitriles is 1. The summed E-state index contributed by atoms with van der Waals surface area (Å²) in [5.41, 5.74) is 0.825. The Morgan fingerprint density at radius 3 is 2.50 bits per heavy atom. The molecule has 0 atom stereocenters. The summed E-state index contributed by atoms with van der Waals surface area (Å²) in [4.78, 5) is -0.167.